The zero-order valence-electron chi connectivity index (χ0n) is 16.5. The van der Waals surface area contributed by atoms with Gasteiger partial charge in [-0.15, -0.1) is 0 Å². The number of carbonyl (C=O) groups is 1. The maximum atomic E-state index is 13.3. The maximum absolute atomic E-state index is 13.3. The number of cyclic esters (lactones) is 1. The Bertz CT molecular complexity index is 1390. The second-order valence-electron chi connectivity index (χ2n) is 7.57. The van der Waals surface area contributed by atoms with Crippen LogP contribution in [0.25, 0.3) is 28.4 Å². The van der Waals surface area contributed by atoms with Gasteiger partial charge in [-0.2, -0.15) is 0 Å². The van der Waals surface area contributed by atoms with Crippen LogP contribution >= 0.6 is 0 Å². The number of fused-ring (bicyclic) bond motifs is 5. The number of carbonyl (C=O) groups excluding carboxylic acids is 1. The normalized spacial score (nSPS) is 19.2. The fraction of sp³-hybridized carbons (Fsp3) is 0.227. The molecule has 0 bridgehead atoms. The van der Waals surface area contributed by atoms with Gasteiger partial charge in [-0.05, 0) is 24.1 Å². The van der Waals surface area contributed by atoms with Gasteiger partial charge in [0.1, 0.15) is 6.61 Å². The van der Waals surface area contributed by atoms with Crippen molar-refractivity contribution >= 4 is 22.9 Å². The molecule has 0 saturated carbocycles. The lowest BCUT2D eigenvalue weighted by atomic mass is 9.86. The number of rotatable bonds is 3. The average Bonchev–Trinajstić information content (AvgIpc) is 3.13. The van der Waals surface area contributed by atoms with Crippen LogP contribution in [0.4, 0.5) is 0 Å². The van der Waals surface area contributed by atoms with Crippen LogP contribution in [0.2, 0.25) is 0 Å². The molecule has 31 heavy (non-hydrogen) atoms. The minimum atomic E-state index is -1.91. The lowest BCUT2D eigenvalue weighted by Crippen LogP contribution is -2.44. The summed E-state index contributed by atoms with van der Waals surface area (Å²) in [7, 11) is 0. The second kappa shape index (κ2) is 6.58. The largest absolute Gasteiger partial charge is 0.458 e. The van der Waals surface area contributed by atoms with E-state index in [2.05, 4.69) is 0 Å². The van der Waals surface area contributed by atoms with E-state index in [-0.39, 0.29) is 36.3 Å². The molecule has 156 valence electrons. The summed E-state index contributed by atoms with van der Waals surface area (Å²) in [6.07, 6.45) is 2.33. The van der Waals surface area contributed by atoms with Crippen molar-refractivity contribution in [3.8, 4) is 11.4 Å². The number of nitrogens with zero attached hydrogens (tertiary/aromatic N) is 3. The van der Waals surface area contributed by atoms with Gasteiger partial charge < -0.3 is 14.4 Å². The highest BCUT2D eigenvalue weighted by molar-refractivity contribution is 5.93. The molecule has 0 radical (unpaired) electrons. The number of aromatic nitrogens is 2. The molecule has 1 N–H and O–H groups in total. The van der Waals surface area contributed by atoms with E-state index in [1.165, 1.54) is 10.6 Å². The Hall–Kier alpha value is -3.85. The van der Waals surface area contributed by atoms with E-state index in [0.717, 1.165) is 11.6 Å². The zero-order chi connectivity index (χ0) is 21.9. The number of benzene rings is 1. The summed E-state index contributed by atoms with van der Waals surface area (Å²) < 4.78 is 6.58. The smallest absolute Gasteiger partial charge is 0.343 e. The van der Waals surface area contributed by atoms with Crippen LogP contribution in [0, 0.1) is 10.1 Å². The topological polar surface area (TPSA) is 125 Å². The minimum Gasteiger partial charge on any atom is -0.458 e. The summed E-state index contributed by atoms with van der Waals surface area (Å²) in [6.45, 7) is 1.60. The second-order valence-corrected chi connectivity index (χ2v) is 7.57. The molecule has 9 nitrogen and oxygen atoms in total. The van der Waals surface area contributed by atoms with Crippen LogP contribution in [-0.4, -0.2) is 25.6 Å². The summed E-state index contributed by atoms with van der Waals surface area (Å²) in [5, 5.41) is 22.6. The molecule has 9 heteroatoms. The molecular formula is C22H17N3O6. The summed E-state index contributed by atoms with van der Waals surface area (Å²) in [5.74, 6) is -0.786. The third-order valence-electron chi connectivity index (χ3n) is 6.00. The van der Waals surface area contributed by atoms with Crippen molar-refractivity contribution in [2.45, 2.75) is 32.1 Å². The highest BCUT2D eigenvalue weighted by atomic mass is 16.6. The first-order valence-corrected chi connectivity index (χ1v) is 9.75. The van der Waals surface area contributed by atoms with Gasteiger partial charge in [0.25, 0.3) is 5.56 Å². The standard InChI is InChI=1S/C22H17N3O6/c1-2-22(28)16-9-18-19-14(10-24(18)20(26)15(16)11-31-21(22)27)12(7-8-25(29)30)13-5-3-4-6-17(13)23-19/h3-9,28H,2,10-11H2,1H3. The predicted molar refractivity (Wildman–Crippen MR) is 111 cm³/mol. The molecule has 2 aromatic heterocycles. The van der Waals surface area contributed by atoms with Crippen LogP contribution < -0.4 is 5.56 Å². The van der Waals surface area contributed by atoms with E-state index in [0.29, 0.717) is 28.0 Å². The lowest BCUT2D eigenvalue weighted by Gasteiger charge is -2.31. The van der Waals surface area contributed by atoms with E-state index in [1.807, 2.05) is 18.2 Å². The number of para-hydroxylation sites is 1. The SMILES string of the molecule is CCC1(O)C(=O)OCc2c1cc1n(c2=O)Cc2c-1nc1ccccc1c2C=C[N+](=O)[O-]. The van der Waals surface area contributed by atoms with Gasteiger partial charge in [-0.25, -0.2) is 9.78 Å². The quantitative estimate of drug-likeness (QED) is 0.307. The first kappa shape index (κ1) is 19.1. The highest BCUT2D eigenvalue weighted by Crippen LogP contribution is 2.40. The van der Waals surface area contributed by atoms with Gasteiger partial charge >= 0.3 is 5.97 Å². The summed E-state index contributed by atoms with van der Waals surface area (Å²) in [5.41, 5.74) is 1.03. The third-order valence-corrected chi connectivity index (χ3v) is 6.00. The summed E-state index contributed by atoms with van der Waals surface area (Å²) in [4.78, 5) is 40.7. The van der Waals surface area contributed by atoms with Gasteiger partial charge in [0.05, 0.1) is 33.9 Å². The van der Waals surface area contributed by atoms with E-state index in [1.54, 1.807) is 19.1 Å². The monoisotopic (exact) mass is 419 g/mol. The maximum Gasteiger partial charge on any atom is 0.343 e. The van der Waals surface area contributed by atoms with Crippen molar-refractivity contribution in [1.82, 2.24) is 9.55 Å². The third kappa shape index (κ3) is 2.63. The van der Waals surface area contributed by atoms with Crippen LogP contribution in [-0.2, 0) is 28.3 Å². The van der Waals surface area contributed by atoms with E-state index < -0.39 is 16.5 Å². The number of esters is 1. The molecule has 0 amide bonds. The van der Waals surface area contributed by atoms with Crippen molar-refractivity contribution in [1.29, 1.82) is 0 Å². The van der Waals surface area contributed by atoms with Crippen LogP contribution in [0.1, 0.15) is 35.6 Å². The Kier molecular flexibility index (Phi) is 4.06. The minimum absolute atomic E-state index is 0.0521. The molecule has 2 aliphatic rings. The Labute approximate surface area is 175 Å². The molecule has 4 heterocycles. The van der Waals surface area contributed by atoms with Gasteiger partial charge in [-0.1, -0.05) is 25.1 Å². The van der Waals surface area contributed by atoms with Gasteiger partial charge in [-0.3, -0.25) is 14.9 Å². The Balaban J connectivity index is 1.83. The number of hydrogen-bond acceptors (Lipinski definition) is 7. The number of pyridine rings is 2. The van der Waals surface area contributed by atoms with Crippen molar-refractivity contribution in [3.63, 3.8) is 0 Å². The zero-order valence-corrected chi connectivity index (χ0v) is 16.5. The predicted octanol–water partition coefficient (Wildman–Crippen LogP) is 2.33. The molecule has 1 aromatic carbocycles. The van der Waals surface area contributed by atoms with Gasteiger partial charge in [0.15, 0.2) is 5.60 Å². The lowest BCUT2D eigenvalue weighted by molar-refractivity contribution is -0.400. The molecule has 0 saturated heterocycles. The molecule has 2 aliphatic heterocycles. The molecule has 0 aliphatic carbocycles. The number of nitro groups is 1. The van der Waals surface area contributed by atoms with Crippen molar-refractivity contribution in [2.24, 2.45) is 0 Å². The number of hydrogen-bond donors (Lipinski definition) is 1. The summed E-state index contributed by atoms with van der Waals surface area (Å²) >= 11 is 0. The molecular weight excluding hydrogens is 402 g/mol. The Morgan fingerprint density at radius 2 is 2.10 bits per heavy atom. The number of ether oxygens (including phenoxy) is 1. The van der Waals surface area contributed by atoms with E-state index >= 15 is 0 Å². The molecule has 1 unspecified atom stereocenters. The summed E-state index contributed by atoms with van der Waals surface area (Å²) in [6, 6.07) is 8.86. The molecule has 0 spiro atoms. The highest BCUT2D eigenvalue weighted by Gasteiger charge is 2.45. The average molecular weight is 419 g/mol. The van der Waals surface area contributed by atoms with E-state index in [4.69, 9.17) is 9.72 Å². The van der Waals surface area contributed by atoms with Crippen molar-refractivity contribution < 1.29 is 19.6 Å². The molecule has 5 rings (SSSR count). The first-order chi connectivity index (χ1) is 14.8. The van der Waals surface area contributed by atoms with Crippen molar-refractivity contribution in [3.05, 3.63) is 79.3 Å². The first-order valence-electron chi connectivity index (χ1n) is 9.75. The molecule has 1 atom stereocenters. The molecule has 3 aromatic rings. The van der Waals surface area contributed by atoms with Crippen molar-refractivity contribution in [2.75, 3.05) is 0 Å². The van der Waals surface area contributed by atoms with Crippen LogP contribution in [0.3, 0.4) is 0 Å². The van der Waals surface area contributed by atoms with Crippen LogP contribution in [0.15, 0.2) is 41.3 Å². The Morgan fingerprint density at radius 3 is 2.84 bits per heavy atom. The van der Waals surface area contributed by atoms with Crippen LogP contribution in [0.5, 0.6) is 0 Å². The van der Waals surface area contributed by atoms with Gasteiger partial charge in [0, 0.05) is 22.6 Å². The fourth-order valence-electron chi connectivity index (χ4n) is 4.39. The Morgan fingerprint density at radius 1 is 1.32 bits per heavy atom. The molecule has 0 fully saturated rings. The van der Waals surface area contributed by atoms with Gasteiger partial charge in [0.2, 0.25) is 6.20 Å². The fourth-order valence-corrected chi connectivity index (χ4v) is 4.39. The number of aliphatic hydroxyl groups is 1. The van der Waals surface area contributed by atoms with E-state index in [9.17, 15) is 24.8 Å².